The molecule has 14 unspecified atom stereocenters. The average Bonchev–Trinajstić information content (AvgIpc) is 3.30. The molecule has 0 fully saturated rings. The minimum absolute atomic E-state index is 0.142. The van der Waals surface area contributed by atoms with Gasteiger partial charge in [0.25, 0.3) is 0 Å². The summed E-state index contributed by atoms with van der Waals surface area (Å²) in [6.45, 7) is 28.9. The lowest BCUT2D eigenvalue weighted by molar-refractivity contribution is -0.256. The summed E-state index contributed by atoms with van der Waals surface area (Å²) >= 11 is 0. The molecule has 0 aromatic heterocycles. The first-order valence-electron chi connectivity index (χ1n) is 25.7. The van der Waals surface area contributed by atoms with E-state index in [1.165, 1.54) is 42.7 Å². The van der Waals surface area contributed by atoms with E-state index in [0.717, 1.165) is 38.5 Å². The summed E-state index contributed by atoms with van der Waals surface area (Å²) in [5.74, 6) is -0.326. The van der Waals surface area contributed by atoms with Crippen LogP contribution in [0.15, 0.2) is 0 Å². The Morgan fingerprint density at radius 2 is 0.529 bits per heavy atom. The largest absolute Gasteiger partial charge is 0.521 e. The number of Topliss-reactive ketones (excluding diaryl/α,β-unsaturated/α-hetero) is 1. The molecule has 0 rings (SSSR count). The van der Waals surface area contributed by atoms with E-state index in [4.69, 9.17) is 83.4 Å². The predicted octanol–water partition coefficient (Wildman–Crippen LogP) is 10.9. The van der Waals surface area contributed by atoms with E-state index in [0.29, 0.717) is 12.8 Å². The third-order valence-corrected chi connectivity index (χ3v) is 20.2. The smallest absolute Gasteiger partial charge is 0.356 e. The second kappa shape index (κ2) is 36.4. The van der Waals surface area contributed by atoms with Crippen molar-refractivity contribution < 1.29 is 88.2 Å². The summed E-state index contributed by atoms with van der Waals surface area (Å²) < 4.78 is 115. The first-order valence-corrected chi connectivity index (χ1v) is 29.2. The fraction of sp³-hybridized carbons (Fsp3) is 0.980. The van der Waals surface area contributed by atoms with Gasteiger partial charge in [-0.15, -0.1) is 0 Å². The van der Waals surface area contributed by atoms with Crippen molar-refractivity contribution in [3.8, 4) is 0 Å². The molecule has 420 valence electrons. The second-order valence-electron chi connectivity index (χ2n) is 17.7. The highest BCUT2D eigenvalue weighted by Gasteiger charge is 2.76. The number of ether oxygens (including phenoxy) is 12. The number of rotatable bonds is 46. The van der Waals surface area contributed by atoms with Gasteiger partial charge in [0.05, 0.1) is 10.1 Å². The fourth-order valence-corrected chi connectivity index (χ4v) is 16.0. The molecule has 0 radical (unpaired) electrons. The number of ketones is 1. The fourth-order valence-electron chi connectivity index (χ4n) is 8.36. The number of hydrogen-bond acceptors (Lipinski definition) is 19. The van der Waals surface area contributed by atoms with E-state index in [9.17, 15) is 0 Å². The Labute approximate surface area is 426 Å². The molecule has 14 atom stereocenters. The number of carbonyl (C=O) groups excluding carboxylic acids is 1. The summed E-state index contributed by atoms with van der Waals surface area (Å²) in [6, 6.07) is 0. The molecular formula is C49H102O19Si2. The summed E-state index contributed by atoms with van der Waals surface area (Å²) in [6.07, 6.45) is -3.66. The quantitative estimate of drug-likeness (QED) is 0.0318. The van der Waals surface area contributed by atoms with E-state index in [1.807, 2.05) is 13.8 Å². The van der Waals surface area contributed by atoms with E-state index in [1.54, 1.807) is 83.1 Å². The van der Waals surface area contributed by atoms with Gasteiger partial charge in [-0.3, -0.25) is 4.79 Å². The maximum atomic E-state index is 17.7. The summed E-state index contributed by atoms with van der Waals surface area (Å²) in [5, 5.41) is -3.30. The molecule has 21 heteroatoms. The monoisotopic (exact) mass is 1050 g/mol. The maximum Gasteiger partial charge on any atom is 0.521 e. The third kappa shape index (κ3) is 22.3. The van der Waals surface area contributed by atoms with Gasteiger partial charge in [0.2, 0.25) is 0 Å². The van der Waals surface area contributed by atoms with Crippen molar-refractivity contribution in [2.24, 2.45) is 0 Å². The molecule has 0 aromatic rings. The molecule has 0 spiro atoms. The average molecular weight is 1050 g/mol. The van der Waals surface area contributed by atoms with Crippen LogP contribution in [0.25, 0.3) is 0 Å². The summed E-state index contributed by atoms with van der Waals surface area (Å²) in [7, 11) is -0.419. The van der Waals surface area contributed by atoms with Crippen molar-refractivity contribution in [3.05, 3.63) is 0 Å². The van der Waals surface area contributed by atoms with Gasteiger partial charge in [-0.1, -0.05) is 79.1 Å². The van der Waals surface area contributed by atoms with Crippen LogP contribution in [-0.4, -0.2) is 142 Å². The molecule has 0 saturated heterocycles. The van der Waals surface area contributed by atoms with E-state index in [2.05, 4.69) is 13.8 Å². The zero-order chi connectivity index (χ0) is 53.7. The van der Waals surface area contributed by atoms with Crippen molar-refractivity contribution in [3.63, 3.8) is 0 Å². The molecule has 0 heterocycles. The lowest BCUT2D eigenvalue weighted by atomic mass is 9.81. The van der Waals surface area contributed by atoms with Gasteiger partial charge in [0.15, 0.2) is 81.3 Å². The van der Waals surface area contributed by atoms with Crippen LogP contribution in [-0.2, 0) is 88.2 Å². The molecule has 0 aliphatic heterocycles. The summed E-state index contributed by atoms with van der Waals surface area (Å²) in [5.41, 5.74) is 0. The molecule has 0 N–H and O–H groups in total. The van der Waals surface area contributed by atoms with Gasteiger partial charge in [0.1, 0.15) is 0 Å². The highest BCUT2D eigenvalue weighted by atomic mass is 28.4. The molecule has 19 nitrogen and oxygen atoms in total. The number of carbonyl (C=O) groups is 1. The Morgan fingerprint density at radius 3 is 0.686 bits per heavy atom. The normalized spacial score (nSPS) is 21.1. The lowest BCUT2D eigenvalue weighted by Crippen LogP contribution is -2.70. The Bertz CT molecular complexity index is 1130. The molecule has 0 saturated carbocycles. The van der Waals surface area contributed by atoms with Gasteiger partial charge in [-0.2, -0.15) is 0 Å². The molecule has 0 amide bonds. The summed E-state index contributed by atoms with van der Waals surface area (Å²) in [4.78, 5) is 17.7. The van der Waals surface area contributed by atoms with Crippen LogP contribution in [0.5, 0.6) is 0 Å². The van der Waals surface area contributed by atoms with Crippen LogP contribution in [0.4, 0.5) is 0 Å². The van der Waals surface area contributed by atoms with Gasteiger partial charge in [-0.25, -0.2) is 0 Å². The number of methoxy groups -OCH3 is 6. The van der Waals surface area contributed by atoms with E-state index < -0.39 is 103 Å². The maximum absolute atomic E-state index is 17.7. The van der Waals surface area contributed by atoms with Gasteiger partial charge in [0, 0.05) is 42.7 Å². The number of hydrogen-bond donors (Lipinski definition) is 0. The zero-order valence-corrected chi connectivity index (χ0v) is 49.7. The van der Waals surface area contributed by atoms with Crippen LogP contribution in [0.2, 0.25) is 10.1 Å². The first kappa shape index (κ1) is 69.4. The third-order valence-electron chi connectivity index (χ3n) is 12.4. The van der Waals surface area contributed by atoms with Gasteiger partial charge >= 0.3 is 17.6 Å². The van der Waals surface area contributed by atoms with E-state index in [-0.39, 0.29) is 31.5 Å². The highest BCUT2D eigenvalue weighted by Crippen LogP contribution is 2.62. The van der Waals surface area contributed by atoms with Crippen molar-refractivity contribution >= 4 is 23.4 Å². The van der Waals surface area contributed by atoms with Gasteiger partial charge < -0.3 is 83.4 Å². The minimum atomic E-state index is -4.79. The molecule has 0 aliphatic rings. The topological polar surface area (TPSA) is 183 Å². The van der Waals surface area contributed by atoms with Gasteiger partial charge in [-0.05, 0) is 109 Å². The molecule has 0 aromatic carbocycles. The molecule has 0 bridgehead atoms. The number of unbranched alkanes of at least 4 members (excludes halogenated alkanes) is 6. The minimum Gasteiger partial charge on any atom is -0.356 e. The van der Waals surface area contributed by atoms with Crippen LogP contribution >= 0.6 is 0 Å². The standard InChI is InChI=1S/C49H102O19Si2/c1-23-27-29-31-33-48(25-3,69(63-41(11)57-35(5)51-17,64-42(12)58-36(6)52-18)65-43(13)59-37(7)53-19)47(50)49(26-4,34-32-30-28-24-2)70(66-44(14)60-38(8)54-20,67-45(15)61-39(9)55-21)68-46(16)62-40(10)56-22/h35-46H,23-34H2,1-22H3. The Morgan fingerprint density at radius 1 is 0.329 bits per heavy atom. The van der Waals surface area contributed by atoms with Crippen molar-refractivity contribution in [2.75, 3.05) is 42.7 Å². The van der Waals surface area contributed by atoms with Crippen LogP contribution in [0.1, 0.15) is 188 Å². The molecular weight excluding hydrogens is 949 g/mol. The van der Waals surface area contributed by atoms with Crippen molar-refractivity contribution in [2.45, 2.75) is 273 Å². The Balaban J connectivity index is 9.62. The first-order chi connectivity index (χ1) is 33.0. The van der Waals surface area contributed by atoms with E-state index >= 15 is 4.79 Å². The Kier molecular flexibility index (Phi) is 36.1. The molecule has 70 heavy (non-hydrogen) atoms. The van der Waals surface area contributed by atoms with Crippen LogP contribution in [0.3, 0.4) is 0 Å². The zero-order valence-electron chi connectivity index (χ0n) is 47.7. The highest BCUT2D eigenvalue weighted by molar-refractivity contribution is 6.75. The SMILES string of the molecule is CCCCCCC(CC)(C(=O)C(CC)(CCCCCC)[Si](OC(C)OC(C)OC)(OC(C)OC(C)OC)OC(C)OC(C)OC)[Si](OC(C)OC(C)OC)(OC(C)OC(C)OC)OC(C)OC(C)OC. The second-order valence-corrected chi connectivity index (χ2v) is 23.2. The molecule has 0 aliphatic carbocycles. The van der Waals surface area contributed by atoms with Crippen LogP contribution < -0.4 is 0 Å². The Hall–Kier alpha value is -0.616. The van der Waals surface area contributed by atoms with Crippen molar-refractivity contribution in [1.82, 2.24) is 0 Å². The van der Waals surface area contributed by atoms with Crippen molar-refractivity contribution in [1.29, 1.82) is 0 Å². The van der Waals surface area contributed by atoms with Crippen LogP contribution in [0, 0.1) is 0 Å². The lowest BCUT2D eigenvalue weighted by Gasteiger charge is -2.54. The predicted molar refractivity (Wildman–Crippen MR) is 269 cm³/mol.